The summed E-state index contributed by atoms with van der Waals surface area (Å²) in [4.78, 5) is 7.75. The Kier molecular flexibility index (Phi) is 3.43. The van der Waals surface area contributed by atoms with E-state index in [-0.39, 0.29) is 0 Å². The van der Waals surface area contributed by atoms with E-state index in [1.165, 1.54) is 47.0 Å². The number of para-hydroxylation sites is 1. The van der Waals surface area contributed by atoms with Crippen molar-refractivity contribution in [2.45, 2.75) is 38.3 Å². The standard InChI is InChI=1S/C19H21N3/c1-13(14-9-11-20-12-10-14)21-18-8-4-6-16-15-5-2-3-7-17(15)22-19(16)18/h2-3,5,7,9-13,18,21-22H,4,6,8H2,1H3/t13-,18?/m1/s1. The number of aromatic amines is 1. The van der Waals surface area contributed by atoms with Crippen LogP contribution < -0.4 is 5.32 Å². The predicted octanol–water partition coefficient (Wildman–Crippen LogP) is 4.29. The molecule has 3 aromatic rings. The van der Waals surface area contributed by atoms with Crippen molar-refractivity contribution >= 4 is 10.9 Å². The lowest BCUT2D eigenvalue weighted by Crippen LogP contribution is -2.27. The SMILES string of the molecule is C[C@@H](NC1CCCc2c1[nH]c1ccccc21)c1ccncc1. The van der Waals surface area contributed by atoms with Gasteiger partial charge in [0.15, 0.2) is 0 Å². The van der Waals surface area contributed by atoms with Gasteiger partial charge in [-0.1, -0.05) is 18.2 Å². The van der Waals surface area contributed by atoms with E-state index in [4.69, 9.17) is 0 Å². The zero-order valence-electron chi connectivity index (χ0n) is 12.8. The zero-order chi connectivity index (χ0) is 14.9. The third-order valence-electron chi connectivity index (χ3n) is 4.77. The fourth-order valence-electron chi connectivity index (χ4n) is 3.63. The Bertz CT molecular complexity index is 776. The Morgan fingerprint density at radius 2 is 2.00 bits per heavy atom. The van der Waals surface area contributed by atoms with Gasteiger partial charge >= 0.3 is 0 Å². The molecule has 0 radical (unpaired) electrons. The molecule has 0 amide bonds. The van der Waals surface area contributed by atoms with Crippen LogP contribution in [0.5, 0.6) is 0 Å². The Labute approximate surface area is 130 Å². The van der Waals surface area contributed by atoms with Gasteiger partial charge < -0.3 is 10.3 Å². The molecule has 0 bridgehead atoms. The number of benzene rings is 1. The number of nitrogens with one attached hydrogen (secondary N) is 2. The van der Waals surface area contributed by atoms with Gasteiger partial charge in [-0.15, -0.1) is 0 Å². The molecule has 0 aliphatic heterocycles. The fraction of sp³-hybridized carbons (Fsp3) is 0.316. The van der Waals surface area contributed by atoms with Gasteiger partial charge in [0.2, 0.25) is 0 Å². The van der Waals surface area contributed by atoms with E-state index in [0.29, 0.717) is 12.1 Å². The van der Waals surface area contributed by atoms with Gasteiger partial charge in [0.25, 0.3) is 0 Å². The summed E-state index contributed by atoms with van der Waals surface area (Å²) in [6.45, 7) is 2.23. The molecule has 4 rings (SSSR count). The maximum Gasteiger partial charge on any atom is 0.0480 e. The van der Waals surface area contributed by atoms with Crippen LogP contribution in [0.4, 0.5) is 0 Å². The summed E-state index contributed by atoms with van der Waals surface area (Å²) in [7, 11) is 0. The highest BCUT2D eigenvalue weighted by molar-refractivity contribution is 5.85. The van der Waals surface area contributed by atoms with Crippen molar-refractivity contribution < 1.29 is 0 Å². The first-order valence-corrected chi connectivity index (χ1v) is 8.08. The van der Waals surface area contributed by atoms with Crippen LogP contribution in [0.15, 0.2) is 48.8 Å². The molecule has 2 atom stereocenters. The highest BCUT2D eigenvalue weighted by Crippen LogP contribution is 2.35. The molecule has 3 heteroatoms. The van der Waals surface area contributed by atoms with Gasteiger partial charge in [-0.3, -0.25) is 4.98 Å². The summed E-state index contributed by atoms with van der Waals surface area (Å²) in [6, 6.07) is 13.6. The van der Waals surface area contributed by atoms with Crippen LogP contribution in [-0.4, -0.2) is 9.97 Å². The number of H-pyrrole nitrogens is 1. The Balaban J connectivity index is 1.65. The maximum atomic E-state index is 4.11. The molecule has 0 saturated carbocycles. The number of fused-ring (bicyclic) bond motifs is 3. The van der Waals surface area contributed by atoms with Crippen LogP contribution in [0.3, 0.4) is 0 Å². The lowest BCUT2D eigenvalue weighted by atomic mass is 9.91. The number of nitrogens with zero attached hydrogens (tertiary/aromatic N) is 1. The number of pyridine rings is 1. The average Bonchev–Trinajstić information content (AvgIpc) is 2.95. The van der Waals surface area contributed by atoms with E-state index in [2.05, 4.69) is 58.6 Å². The van der Waals surface area contributed by atoms with Crippen molar-refractivity contribution in [3.05, 3.63) is 65.6 Å². The monoisotopic (exact) mass is 291 g/mol. The van der Waals surface area contributed by atoms with Gasteiger partial charge in [0.1, 0.15) is 0 Å². The van der Waals surface area contributed by atoms with E-state index < -0.39 is 0 Å². The van der Waals surface area contributed by atoms with Crippen molar-refractivity contribution in [2.24, 2.45) is 0 Å². The molecule has 2 heterocycles. The van der Waals surface area contributed by atoms with Gasteiger partial charge in [-0.25, -0.2) is 0 Å². The molecule has 1 aliphatic carbocycles. The molecule has 3 nitrogen and oxygen atoms in total. The largest absolute Gasteiger partial charge is 0.357 e. The highest BCUT2D eigenvalue weighted by Gasteiger charge is 2.25. The maximum absolute atomic E-state index is 4.11. The second-order valence-corrected chi connectivity index (χ2v) is 6.18. The summed E-state index contributed by atoms with van der Waals surface area (Å²) in [6.07, 6.45) is 7.34. The molecular formula is C19H21N3. The van der Waals surface area contributed by atoms with Crippen LogP contribution in [0.25, 0.3) is 10.9 Å². The topological polar surface area (TPSA) is 40.7 Å². The van der Waals surface area contributed by atoms with E-state index in [0.717, 1.165) is 0 Å². The Morgan fingerprint density at radius 1 is 1.18 bits per heavy atom. The van der Waals surface area contributed by atoms with Crippen molar-refractivity contribution in [3.8, 4) is 0 Å². The first-order chi connectivity index (χ1) is 10.8. The minimum Gasteiger partial charge on any atom is -0.357 e. The van der Waals surface area contributed by atoms with Crippen LogP contribution in [0.2, 0.25) is 0 Å². The minimum absolute atomic E-state index is 0.324. The second kappa shape index (κ2) is 5.58. The summed E-state index contributed by atoms with van der Waals surface area (Å²) in [5, 5.41) is 5.18. The second-order valence-electron chi connectivity index (χ2n) is 6.18. The quantitative estimate of drug-likeness (QED) is 0.755. The average molecular weight is 291 g/mol. The minimum atomic E-state index is 0.324. The van der Waals surface area contributed by atoms with Gasteiger partial charge in [0.05, 0.1) is 0 Å². The predicted molar refractivity (Wildman–Crippen MR) is 89.8 cm³/mol. The molecule has 2 N–H and O–H groups in total. The van der Waals surface area contributed by atoms with Gasteiger partial charge in [-0.05, 0) is 55.5 Å². The van der Waals surface area contributed by atoms with E-state index in [1.807, 2.05) is 12.4 Å². The van der Waals surface area contributed by atoms with Crippen LogP contribution in [0.1, 0.15) is 48.7 Å². The molecule has 22 heavy (non-hydrogen) atoms. The molecule has 0 spiro atoms. The van der Waals surface area contributed by atoms with Crippen molar-refractivity contribution in [1.29, 1.82) is 0 Å². The summed E-state index contributed by atoms with van der Waals surface area (Å²) < 4.78 is 0. The molecule has 1 unspecified atom stereocenters. The molecular weight excluding hydrogens is 270 g/mol. The fourth-order valence-corrected chi connectivity index (χ4v) is 3.63. The third-order valence-corrected chi connectivity index (χ3v) is 4.77. The number of aromatic nitrogens is 2. The zero-order valence-corrected chi connectivity index (χ0v) is 12.8. The first-order valence-electron chi connectivity index (χ1n) is 8.08. The van der Waals surface area contributed by atoms with Crippen molar-refractivity contribution in [3.63, 3.8) is 0 Å². The molecule has 0 saturated heterocycles. The molecule has 112 valence electrons. The van der Waals surface area contributed by atoms with E-state index in [1.54, 1.807) is 0 Å². The molecule has 1 aliphatic rings. The lowest BCUT2D eigenvalue weighted by molar-refractivity contribution is 0.410. The van der Waals surface area contributed by atoms with Gasteiger partial charge in [-0.2, -0.15) is 0 Å². The Hall–Kier alpha value is -2.13. The van der Waals surface area contributed by atoms with E-state index >= 15 is 0 Å². The Morgan fingerprint density at radius 3 is 2.86 bits per heavy atom. The molecule has 1 aromatic carbocycles. The number of hydrogen-bond donors (Lipinski definition) is 2. The van der Waals surface area contributed by atoms with Crippen molar-refractivity contribution in [1.82, 2.24) is 15.3 Å². The van der Waals surface area contributed by atoms with Crippen LogP contribution in [0, 0.1) is 0 Å². The summed E-state index contributed by atoms with van der Waals surface area (Å²) in [5.74, 6) is 0. The summed E-state index contributed by atoms with van der Waals surface area (Å²) >= 11 is 0. The number of hydrogen-bond acceptors (Lipinski definition) is 2. The van der Waals surface area contributed by atoms with Crippen LogP contribution >= 0.6 is 0 Å². The van der Waals surface area contributed by atoms with Gasteiger partial charge in [0, 0.05) is 41.1 Å². The normalized spacial score (nSPS) is 19.0. The molecule has 0 fully saturated rings. The summed E-state index contributed by atoms with van der Waals surface area (Å²) in [5.41, 5.74) is 5.44. The van der Waals surface area contributed by atoms with E-state index in [9.17, 15) is 0 Å². The first kappa shape index (κ1) is 13.5. The van der Waals surface area contributed by atoms with Crippen molar-refractivity contribution in [2.75, 3.05) is 0 Å². The lowest BCUT2D eigenvalue weighted by Gasteiger charge is -2.27. The number of aryl methyl sites for hydroxylation is 1. The smallest absolute Gasteiger partial charge is 0.0480 e. The molecule has 2 aromatic heterocycles. The highest BCUT2D eigenvalue weighted by atomic mass is 15.0. The number of rotatable bonds is 3. The van der Waals surface area contributed by atoms with Crippen LogP contribution in [-0.2, 0) is 6.42 Å². The third kappa shape index (κ3) is 2.32.